The van der Waals surface area contributed by atoms with Crippen molar-refractivity contribution in [2.45, 2.75) is 19.3 Å². The van der Waals surface area contributed by atoms with Gasteiger partial charge in [-0.1, -0.05) is 31.2 Å². The molecule has 0 aliphatic carbocycles. The van der Waals surface area contributed by atoms with E-state index in [-0.39, 0.29) is 5.91 Å². The van der Waals surface area contributed by atoms with Gasteiger partial charge in [0.25, 0.3) is 5.91 Å². The molecule has 2 rings (SSSR count). The number of nitrogens with zero attached hydrogens (tertiary/aromatic N) is 1. The number of hydrogen-bond donors (Lipinski definition) is 1. The minimum atomic E-state index is -0.0255. The standard InChI is InChI=1S/C14H18N2O/c1-2-12-6-8-13(9-7-12)14(17)15-16-10-4-3-5-11-16/h2,6-9H,1,3-5,10-11H2,(H,15,17). The molecule has 1 aliphatic heterocycles. The van der Waals surface area contributed by atoms with Gasteiger partial charge in [-0.15, -0.1) is 0 Å². The number of piperidine rings is 1. The largest absolute Gasteiger partial charge is 0.285 e. The van der Waals surface area contributed by atoms with Gasteiger partial charge in [0.2, 0.25) is 0 Å². The smallest absolute Gasteiger partial charge is 0.265 e. The quantitative estimate of drug-likeness (QED) is 0.865. The van der Waals surface area contributed by atoms with Crippen LogP contribution < -0.4 is 5.43 Å². The molecule has 17 heavy (non-hydrogen) atoms. The predicted octanol–water partition coefficient (Wildman–Crippen LogP) is 2.46. The minimum absolute atomic E-state index is 0.0255. The monoisotopic (exact) mass is 230 g/mol. The van der Waals surface area contributed by atoms with Gasteiger partial charge in [-0.05, 0) is 30.5 Å². The fourth-order valence-electron chi connectivity index (χ4n) is 1.98. The Morgan fingerprint density at radius 1 is 1.18 bits per heavy atom. The van der Waals surface area contributed by atoms with Gasteiger partial charge in [-0.25, -0.2) is 5.01 Å². The first kappa shape index (κ1) is 11.9. The Morgan fingerprint density at radius 3 is 2.41 bits per heavy atom. The number of benzene rings is 1. The predicted molar refractivity (Wildman–Crippen MR) is 69.4 cm³/mol. The van der Waals surface area contributed by atoms with E-state index in [0.717, 1.165) is 31.5 Å². The number of amides is 1. The van der Waals surface area contributed by atoms with Crippen LogP contribution in [0, 0.1) is 0 Å². The molecular weight excluding hydrogens is 212 g/mol. The van der Waals surface area contributed by atoms with Crippen LogP contribution in [0.4, 0.5) is 0 Å². The number of carbonyl (C=O) groups is 1. The molecule has 1 aromatic carbocycles. The number of hydrogen-bond acceptors (Lipinski definition) is 2. The number of rotatable bonds is 3. The van der Waals surface area contributed by atoms with Gasteiger partial charge in [0, 0.05) is 18.7 Å². The molecule has 1 heterocycles. The van der Waals surface area contributed by atoms with Crippen molar-refractivity contribution in [3.63, 3.8) is 0 Å². The molecule has 0 saturated carbocycles. The van der Waals surface area contributed by atoms with Gasteiger partial charge in [-0.2, -0.15) is 0 Å². The van der Waals surface area contributed by atoms with Crippen molar-refractivity contribution >= 4 is 12.0 Å². The van der Waals surface area contributed by atoms with E-state index in [1.54, 1.807) is 6.08 Å². The van der Waals surface area contributed by atoms with Crippen molar-refractivity contribution in [3.8, 4) is 0 Å². The summed E-state index contributed by atoms with van der Waals surface area (Å²) >= 11 is 0. The summed E-state index contributed by atoms with van der Waals surface area (Å²) in [5, 5.41) is 2.01. The fraction of sp³-hybridized carbons (Fsp3) is 0.357. The normalized spacial score (nSPS) is 16.5. The molecule has 0 radical (unpaired) electrons. The summed E-state index contributed by atoms with van der Waals surface area (Å²) < 4.78 is 0. The second-order valence-corrected chi connectivity index (χ2v) is 4.31. The first-order chi connectivity index (χ1) is 8.29. The third-order valence-electron chi connectivity index (χ3n) is 3.02. The SMILES string of the molecule is C=Cc1ccc(C(=O)NN2CCCCC2)cc1. The molecule has 0 spiro atoms. The summed E-state index contributed by atoms with van der Waals surface area (Å²) in [5.41, 5.74) is 4.66. The lowest BCUT2D eigenvalue weighted by molar-refractivity contribution is 0.0750. The van der Waals surface area contributed by atoms with Crippen molar-refractivity contribution in [1.82, 2.24) is 10.4 Å². The van der Waals surface area contributed by atoms with Crippen LogP contribution in [0.5, 0.6) is 0 Å². The topological polar surface area (TPSA) is 32.3 Å². The maximum atomic E-state index is 11.9. The van der Waals surface area contributed by atoms with E-state index in [0.29, 0.717) is 5.56 Å². The van der Waals surface area contributed by atoms with Gasteiger partial charge in [-0.3, -0.25) is 10.2 Å². The molecular formula is C14H18N2O. The maximum absolute atomic E-state index is 11.9. The first-order valence-corrected chi connectivity index (χ1v) is 6.08. The van der Waals surface area contributed by atoms with Crippen LogP contribution in [0.1, 0.15) is 35.2 Å². The summed E-state index contributed by atoms with van der Waals surface area (Å²) in [5.74, 6) is -0.0255. The van der Waals surface area contributed by atoms with Crippen LogP contribution in [0.25, 0.3) is 6.08 Å². The van der Waals surface area contributed by atoms with E-state index in [4.69, 9.17) is 0 Å². The average molecular weight is 230 g/mol. The van der Waals surface area contributed by atoms with E-state index in [2.05, 4.69) is 12.0 Å². The van der Waals surface area contributed by atoms with Crippen molar-refractivity contribution in [1.29, 1.82) is 0 Å². The molecule has 3 heteroatoms. The van der Waals surface area contributed by atoms with Gasteiger partial charge in [0.15, 0.2) is 0 Å². The van der Waals surface area contributed by atoms with Crippen molar-refractivity contribution in [2.75, 3.05) is 13.1 Å². The molecule has 0 unspecified atom stereocenters. The van der Waals surface area contributed by atoms with Crippen LogP contribution in [0.15, 0.2) is 30.8 Å². The highest BCUT2D eigenvalue weighted by molar-refractivity contribution is 5.94. The molecule has 0 aromatic heterocycles. The minimum Gasteiger partial charge on any atom is -0.285 e. The van der Waals surface area contributed by atoms with Gasteiger partial charge in [0.1, 0.15) is 0 Å². The highest BCUT2D eigenvalue weighted by Crippen LogP contribution is 2.08. The van der Waals surface area contributed by atoms with Crippen LogP contribution in [0.2, 0.25) is 0 Å². The molecule has 1 aliphatic rings. The van der Waals surface area contributed by atoms with E-state index >= 15 is 0 Å². The number of nitrogens with one attached hydrogen (secondary N) is 1. The third kappa shape index (κ3) is 3.17. The summed E-state index contributed by atoms with van der Waals surface area (Å²) in [6.07, 6.45) is 5.36. The molecule has 1 N–H and O–H groups in total. The van der Waals surface area contributed by atoms with Gasteiger partial charge in [0.05, 0.1) is 0 Å². The highest BCUT2D eigenvalue weighted by Gasteiger charge is 2.13. The van der Waals surface area contributed by atoms with Crippen molar-refractivity contribution in [3.05, 3.63) is 42.0 Å². The lowest BCUT2D eigenvalue weighted by atomic mass is 10.1. The number of carbonyl (C=O) groups excluding carboxylic acids is 1. The molecule has 90 valence electrons. The Labute approximate surface area is 102 Å². The average Bonchev–Trinajstić information content (AvgIpc) is 2.40. The zero-order valence-corrected chi connectivity index (χ0v) is 9.98. The fourth-order valence-corrected chi connectivity index (χ4v) is 1.98. The maximum Gasteiger partial charge on any atom is 0.265 e. The molecule has 1 fully saturated rings. The lowest BCUT2D eigenvalue weighted by Crippen LogP contribution is -2.45. The lowest BCUT2D eigenvalue weighted by Gasteiger charge is -2.26. The molecule has 0 atom stereocenters. The Morgan fingerprint density at radius 2 is 1.82 bits per heavy atom. The van der Waals surface area contributed by atoms with Crippen LogP contribution in [0.3, 0.4) is 0 Å². The summed E-state index contributed by atoms with van der Waals surface area (Å²) in [6.45, 7) is 5.60. The van der Waals surface area contributed by atoms with E-state index in [1.807, 2.05) is 29.3 Å². The van der Waals surface area contributed by atoms with Crippen molar-refractivity contribution in [2.24, 2.45) is 0 Å². The Balaban J connectivity index is 1.95. The Bertz CT molecular complexity index is 391. The summed E-state index contributed by atoms with van der Waals surface area (Å²) in [6, 6.07) is 7.46. The molecule has 3 nitrogen and oxygen atoms in total. The second kappa shape index (κ2) is 5.64. The number of hydrazine groups is 1. The summed E-state index contributed by atoms with van der Waals surface area (Å²) in [7, 11) is 0. The molecule has 0 bridgehead atoms. The van der Waals surface area contributed by atoms with Crippen LogP contribution in [-0.4, -0.2) is 24.0 Å². The van der Waals surface area contributed by atoms with E-state index < -0.39 is 0 Å². The van der Waals surface area contributed by atoms with E-state index in [1.165, 1.54) is 6.42 Å². The second-order valence-electron chi connectivity index (χ2n) is 4.31. The van der Waals surface area contributed by atoms with Crippen LogP contribution >= 0.6 is 0 Å². The van der Waals surface area contributed by atoms with E-state index in [9.17, 15) is 4.79 Å². The molecule has 1 amide bonds. The Kier molecular flexibility index (Phi) is 3.94. The van der Waals surface area contributed by atoms with Crippen molar-refractivity contribution < 1.29 is 4.79 Å². The summed E-state index contributed by atoms with van der Waals surface area (Å²) in [4.78, 5) is 11.9. The highest BCUT2D eigenvalue weighted by atomic mass is 16.2. The van der Waals surface area contributed by atoms with Crippen LogP contribution in [-0.2, 0) is 0 Å². The zero-order chi connectivity index (χ0) is 12.1. The zero-order valence-electron chi connectivity index (χ0n) is 9.98. The Hall–Kier alpha value is -1.61. The third-order valence-corrected chi connectivity index (χ3v) is 3.02. The first-order valence-electron chi connectivity index (χ1n) is 6.08. The molecule has 1 aromatic rings. The van der Waals surface area contributed by atoms with Gasteiger partial charge >= 0.3 is 0 Å². The van der Waals surface area contributed by atoms with Gasteiger partial charge < -0.3 is 0 Å². The molecule has 1 saturated heterocycles.